The maximum absolute atomic E-state index is 12.7. The highest BCUT2D eigenvalue weighted by Crippen LogP contribution is 2.51. The Hall–Kier alpha value is -1.52. The molecule has 1 heterocycles. The van der Waals surface area contributed by atoms with E-state index in [9.17, 15) is 4.57 Å². The SMILES string of the molecule is CCOP(=O)(Cc1ccc(C(=S)N2CCCc3ccccc32)cc1)OCC. The summed E-state index contributed by atoms with van der Waals surface area (Å²) >= 11 is 5.77. The number of rotatable bonds is 7. The molecule has 0 radical (unpaired) electrons. The second kappa shape index (κ2) is 9.11. The number of hydrogen-bond donors (Lipinski definition) is 0. The summed E-state index contributed by atoms with van der Waals surface area (Å²) in [4.78, 5) is 3.04. The van der Waals surface area contributed by atoms with E-state index in [1.165, 1.54) is 11.3 Å². The Kier molecular flexibility index (Phi) is 6.83. The molecule has 0 unspecified atom stereocenters. The molecule has 0 aromatic heterocycles. The van der Waals surface area contributed by atoms with Crippen LogP contribution in [0.15, 0.2) is 48.5 Å². The van der Waals surface area contributed by atoms with Crippen LogP contribution in [0.25, 0.3) is 0 Å². The van der Waals surface area contributed by atoms with Crippen LogP contribution in [0.3, 0.4) is 0 Å². The van der Waals surface area contributed by atoms with E-state index < -0.39 is 7.60 Å². The smallest absolute Gasteiger partial charge is 0.332 e. The quantitative estimate of drug-likeness (QED) is 0.446. The lowest BCUT2D eigenvalue weighted by atomic mass is 10.0. The molecule has 0 N–H and O–H groups in total. The largest absolute Gasteiger partial charge is 0.335 e. The minimum absolute atomic E-state index is 0.272. The van der Waals surface area contributed by atoms with Crippen LogP contribution in [0, 0.1) is 0 Å². The van der Waals surface area contributed by atoms with Gasteiger partial charge < -0.3 is 13.9 Å². The maximum atomic E-state index is 12.7. The molecule has 0 saturated heterocycles. The summed E-state index contributed by atoms with van der Waals surface area (Å²) in [5.74, 6) is 0. The molecular weight excluding hydrogens is 377 g/mol. The highest BCUT2D eigenvalue weighted by Gasteiger charge is 2.24. The first-order chi connectivity index (χ1) is 13.1. The van der Waals surface area contributed by atoms with Crippen molar-refractivity contribution in [3.8, 4) is 0 Å². The van der Waals surface area contributed by atoms with Gasteiger partial charge in [0.05, 0.1) is 19.4 Å². The van der Waals surface area contributed by atoms with E-state index in [0.717, 1.165) is 35.5 Å². The van der Waals surface area contributed by atoms with Crippen molar-refractivity contribution in [1.29, 1.82) is 0 Å². The topological polar surface area (TPSA) is 38.8 Å². The van der Waals surface area contributed by atoms with Gasteiger partial charge in [-0.1, -0.05) is 54.7 Å². The molecule has 2 aromatic carbocycles. The molecular formula is C21H26NO3PS. The van der Waals surface area contributed by atoms with E-state index in [1.54, 1.807) is 0 Å². The zero-order valence-electron chi connectivity index (χ0n) is 15.9. The van der Waals surface area contributed by atoms with Crippen LogP contribution in [-0.2, 0) is 26.2 Å². The fraction of sp³-hybridized carbons (Fsp3) is 0.381. The zero-order valence-corrected chi connectivity index (χ0v) is 17.6. The van der Waals surface area contributed by atoms with Gasteiger partial charge in [-0.25, -0.2) is 0 Å². The molecule has 1 aliphatic rings. The van der Waals surface area contributed by atoms with Crippen molar-refractivity contribution in [3.63, 3.8) is 0 Å². The molecule has 0 aliphatic carbocycles. The molecule has 0 bridgehead atoms. The first-order valence-corrected chi connectivity index (χ1v) is 11.6. The Bertz CT molecular complexity index is 828. The first kappa shape index (κ1) is 20.2. The van der Waals surface area contributed by atoms with E-state index in [1.807, 2.05) is 38.1 Å². The number of anilines is 1. The fourth-order valence-electron chi connectivity index (χ4n) is 3.40. The van der Waals surface area contributed by atoms with Crippen molar-refractivity contribution in [2.75, 3.05) is 24.7 Å². The molecule has 27 heavy (non-hydrogen) atoms. The summed E-state index contributed by atoms with van der Waals surface area (Å²) in [5, 5.41) is 0. The van der Waals surface area contributed by atoms with E-state index in [4.69, 9.17) is 21.3 Å². The van der Waals surface area contributed by atoms with E-state index in [2.05, 4.69) is 29.2 Å². The fourth-order valence-corrected chi connectivity index (χ4v) is 5.43. The number of nitrogens with zero attached hydrogens (tertiary/aromatic N) is 1. The van der Waals surface area contributed by atoms with Crippen molar-refractivity contribution in [2.45, 2.75) is 32.9 Å². The van der Waals surface area contributed by atoms with Gasteiger partial charge in [-0.05, 0) is 43.9 Å². The lowest BCUT2D eigenvalue weighted by molar-refractivity contribution is 0.219. The molecule has 0 spiro atoms. The summed E-state index contributed by atoms with van der Waals surface area (Å²) in [6, 6.07) is 16.4. The number of benzene rings is 2. The van der Waals surface area contributed by atoms with E-state index in [-0.39, 0.29) is 6.16 Å². The first-order valence-electron chi connectivity index (χ1n) is 9.43. The van der Waals surface area contributed by atoms with Crippen LogP contribution in [0.1, 0.15) is 37.0 Å². The predicted octanol–water partition coefficient (Wildman–Crippen LogP) is 5.58. The summed E-state index contributed by atoms with van der Waals surface area (Å²) < 4.78 is 23.5. The Morgan fingerprint density at radius 1 is 1.07 bits per heavy atom. The van der Waals surface area contributed by atoms with Gasteiger partial charge in [-0.15, -0.1) is 0 Å². The number of para-hydroxylation sites is 1. The van der Waals surface area contributed by atoms with Crippen molar-refractivity contribution in [1.82, 2.24) is 0 Å². The molecule has 4 nitrogen and oxygen atoms in total. The van der Waals surface area contributed by atoms with E-state index in [0.29, 0.717) is 13.2 Å². The third-order valence-corrected chi connectivity index (χ3v) is 7.10. The Morgan fingerprint density at radius 3 is 2.41 bits per heavy atom. The van der Waals surface area contributed by atoms with Gasteiger partial charge in [0.1, 0.15) is 4.99 Å². The minimum atomic E-state index is -3.09. The lowest BCUT2D eigenvalue weighted by Gasteiger charge is -2.31. The standard InChI is InChI=1S/C21H26NO3PS/c1-3-24-26(23,25-4-2)16-17-11-13-19(14-12-17)21(27)22-15-7-9-18-8-5-6-10-20(18)22/h5-6,8,10-14H,3-4,7,9,15-16H2,1-2H3. The highest BCUT2D eigenvalue weighted by atomic mass is 32.1. The number of aryl methyl sites for hydroxylation is 1. The molecule has 144 valence electrons. The Morgan fingerprint density at radius 2 is 1.74 bits per heavy atom. The van der Waals surface area contributed by atoms with Gasteiger partial charge in [0.15, 0.2) is 0 Å². The second-order valence-electron chi connectivity index (χ2n) is 6.49. The van der Waals surface area contributed by atoms with Crippen LogP contribution in [0.2, 0.25) is 0 Å². The van der Waals surface area contributed by atoms with Gasteiger partial charge in [0.25, 0.3) is 0 Å². The number of fused-ring (bicyclic) bond motifs is 1. The second-order valence-corrected chi connectivity index (χ2v) is 8.93. The molecule has 0 saturated carbocycles. The van der Waals surface area contributed by atoms with Crippen molar-refractivity contribution in [2.24, 2.45) is 0 Å². The maximum Gasteiger partial charge on any atom is 0.335 e. The summed E-state index contributed by atoms with van der Waals surface area (Å²) in [6.45, 7) is 5.32. The Balaban J connectivity index is 1.76. The van der Waals surface area contributed by atoms with Crippen molar-refractivity contribution in [3.05, 3.63) is 65.2 Å². The highest BCUT2D eigenvalue weighted by molar-refractivity contribution is 7.81. The molecule has 6 heteroatoms. The monoisotopic (exact) mass is 403 g/mol. The average molecular weight is 403 g/mol. The van der Waals surface area contributed by atoms with E-state index >= 15 is 0 Å². The van der Waals surface area contributed by atoms with Gasteiger partial charge in [0, 0.05) is 17.8 Å². The molecule has 0 fully saturated rings. The van der Waals surface area contributed by atoms with Gasteiger partial charge in [-0.3, -0.25) is 4.57 Å². The van der Waals surface area contributed by atoms with Crippen LogP contribution in [0.5, 0.6) is 0 Å². The molecule has 3 rings (SSSR count). The molecule has 1 aliphatic heterocycles. The summed E-state index contributed by atoms with van der Waals surface area (Å²) in [5.41, 5.74) is 4.46. The van der Waals surface area contributed by atoms with Crippen LogP contribution >= 0.6 is 19.8 Å². The lowest BCUT2D eigenvalue weighted by Crippen LogP contribution is -2.34. The Labute approximate surface area is 167 Å². The molecule has 2 aromatic rings. The van der Waals surface area contributed by atoms with Crippen LogP contribution in [0.4, 0.5) is 5.69 Å². The summed E-state index contributed by atoms with van der Waals surface area (Å²) in [6.07, 6.45) is 2.47. The average Bonchev–Trinajstić information content (AvgIpc) is 2.68. The number of hydrogen-bond acceptors (Lipinski definition) is 4. The van der Waals surface area contributed by atoms with Crippen LogP contribution in [-0.4, -0.2) is 24.7 Å². The molecule has 0 atom stereocenters. The van der Waals surface area contributed by atoms with Gasteiger partial charge >= 0.3 is 7.60 Å². The molecule has 0 amide bonds. The summed E-state index contributed by atoms with van der Waals surface area (Å²) in [7, 11) is -3.09. The van der Waals surface area contributed by atoms with Crippen LogP contribution < -0.4 is 4.90 Å². The van der Waals surface area contributed by atoms with Gasteiger partial charge in [0.2, 0.25) is 0 Å². The minimum Gasteiger partial charge on any atom is -0.332 e. The number of thiocarbonyl (C=S) groups is 1. The third kappa shape index (κ3) is 4.85. The van der Waals surface area contributed by atoms with Crippen molar-refractivity contribution >= 4 is 30.5 Å². The normalized spacial score (nSPS) is 14.1. The zero-order chi connectivity index (χ0) is 19.3. The third-order valence-electron chi connectivity index (χ3n) is 4.58. The van der Waals surface area contributed by atoms with Gasteiger partial charge in [-0.2, -0.15) is 0 Å². The predicted molar refractivity (Wildman–Crippen MR) is 115 cm³/mol. The van der Waals surface area contributed by atoms with Crippen molar-refractivity contribution < 1.29 is 13.6 Å².